The lowest BCUT2D eigenvalue weighted by molar-refractivity contribution is 0.0975. The summed E-state index contributed by atoms with van der Waals surface area (Å²) < 4.78 is 37.0. The second-order valence-electron chi connectivity index (χ2n) is 14.0. The lowest BCUT2D eigenvalue weighted by Crippen LogP contribution is -2.34. The van der Waals surface area contributed by atoms with Crippen LogP contribution in [0.1, 0.15) is 44.0 Å². The smallest absolute Gasteiger partial charge is 0.283 e. The van der Waals surface area contributed by atoms with Crippen molar-refractivity contribution in [3.05, 3.63) is 143 Å². The van der Waals surface area contributed by atoms with E-state index in [1.165, 1.54) is 18.2 Å². The fourth-order valence-corrected chi connectivity index (χ4v) is 7.68. The number of aryl methyl sites for hydroxylation is 1. The van der Waals surface area contributed by atoms with Crippen LogP contribution in [0.15, 0.2) is 120 Å². The molecular weight excluding hydrogens is 729 g/mol. The van der Waals surface area contributed by atoms with E-state index in [0.717, 1.165) is 41.2 Å². The molecule has 2 amide bonds. The van der Waals surface area contributed by atoms with E-state index >= 15 is 0 Å². The Kier molecular flexibility index (Phi) is 11.3. The third kappa shape index (κ3) is 8.99. The number of hydrogen-bond donors (Lipinski definition) is 3. The van der Waals surface area contributed by atoms with Gasteiger partial charge in [-0.3, -0.25) is 9.59 Å². The summed E-state index contributed by atoms with van der Waals surface area (Å²) in [4.78, 5) is 40.0. The van der Waals surface area contributed by atoms with Crippen molar-refractivity contribution in [2.75, 3.05) is 49.3 Å². The van der Waals surface area contributed by atoms with Gasteiger partial charge in [0.05, 0.1) is 17.1 Å². The maximum atomic E-state index is 13.5. The molecule has 56 heavy (non-hydrogen) atoms. The number of anilines is 3. The minimum atomic E-state index is -4.23. The molecule has 1 atom stereocenters. The molecule has 6 aromatic rings. The number of imidazole rings is 1. The van der Waals surface area contributed by atoms with Crippen molar-refractivity contribution in [3.8, 4) is 5.75 Å². The van der Waals surface area contributed by atoms with Crippen LogP contribution in [0.4, 0.5) is 17.3 Å². The van der Waals surface area contributed by atoms with Gasteiger partial charge in [0.25, 0.3) is 21.8 Å². The standard InChI is InChI=1S/C42H44N8O5S/c1-29-25-33(18-19-36(29)43-31(21-23-48(2)3)28-55-32-12-5-4-6-13-32)56(53,54)47-42(52)37-15-10-17-39(44-37)50-24-20-30-11-9-14-34(35(30)26-50)41(51)46-38-27-49-22-8-7-16-40(49)45-38/h4-19,22,25,27,31,43H,20-21,23-24,26,28H2,1-3H3,(H,46,51)(H,47,52)/t31-/m1/s1. The number of hydrogen-bond acceptors (Lipinski definition) is 10. The summed E-state index contributed by atoms with van der Waals surface area (Å²) in [6.07, 6.45) is 5.07. The van der Waals surface area contributed by atoms with Gasteiger partial charge in [0.2, 0.25) is 0 Å². The van der Waals surface area contributed by atoms with Crippen LogP contribution in [-0.4, -0.2) is 79.3 Å². The van der Waals surface area contributed by atoms with Crippen molar-refractivity contribution in [3.63, 3.8) is 0 Å². The zero-order chi connectivity index (χ0) is 39.2. The number of ether oxygens (including phenoxy) is 1. The zero-order valence-electron chi connectivity index (χ0n) is 31.5. The molecule has 288 valence electrons. The van der Waals surface area contributed by atoms with Gasteiger partial charge in [-0.05, 0) is 118 Å². The summed E-state index contributed by atoms with van der Waals surface area (Å²) in [5.41, 5.74) is 4.55. The molecule has 0 saturated carbocycles. The van der Waals surface area contributed by atoms with Gasteiger partial charge >= 0.3 is 0 Å². The number of carbonyl (C=O) groups is 2. The molecule has 0 radical (unpaired) electrons. The Morgan fingerprint density at radius 2 is 1.71 bits per heavy atom. The quantitative estimate of drug-likeness (QED) is 0.124. The Balaban J connectivity index is 1.01. The third-order valence-electron chi connectivity index (χ3n) is 9.63. The van der Waals surface area contributed by atoms with Gasteiger partial charge in [0.15, 0.2) is 5.82 Å². The van der Waals surface area contributed by atoms with Crippen LogP contribution in [0, 0.1) is 6.92 Å². The van der Waals surface area contributed by atoms with E-state index in [4.69, 9.17) is 4.74 Å². The van der Waals surface area contributed by atoms with Crippen molar-refractivity contribution in [2.45, 2.75) is 37.2 Å². The number of aromatic nitrogens is 3. The van der Waals surface area contributed by atoms with Crippen LogP contribution in [-0.2, 0) is 23.0 Å². The van der Waals surface area contributed by atoms with Gasteiger partial charge in [-0.1, -0.05) is 42.5 Å². The fourth-order valence-electron chi connectivity index (χ4n) is 6.64. The molecule has 14 heteroatoms. The van der Waals surface area contributed by atoms with E-state index < -0.39 is 15.9 Å². The third-order valence-corrected chi connectivity index (χ3v) is 11.0. The topological polar surface area (TPSA) is 150 Å². The number of amides is 2. The maximum Gasteiger partial charge on any atom is 0.283 e. The molecule has 0 aliphatic carbocycles. The number of benzene rings is 3. The highest BCUT2D eigenvalue weighted by Gasteiger charge is 2.25. The van der Waals surface area contributed by atoms with Crippen LogP contribution in [0.5, 0.6) is 5.75 Å². The number of nitrogens with one attached hydrogen (secondary N) is 3. The van der Waals surface area contributed by atoms with E-state index in [1.54, 1.807) is 30.5 Å². The Hall–Kier alpha value is -6.25. The molecule has 4 heterocycles. The van der Waals surface area contributed by atoms with E-state index in [9.17, 15) is 18.0 Å². The van der Waals surface area contributed by atoms with Crippen LogP contribution in [0.2, 0.25) is 0 Å². The lowest BCUT2D eigenvalue weighted by Gasteiger charge is -2.31. The highest BCUT2D eigenvalue weighted by atomic mass is 32.2. The molecule has 0 bridgehead atoms. The predicted octanol–water partition coefficient (Wildman–Crippen LogP) is 5.78. The van der Waals surface area contributed by atoms with Crippen molar-refractivity contribution >= 4 is 44.8 Å². The van der Waals surface area contributed by atoms with E-state index in [0.29, 0.717) is 48.9 Å². The predicted molar refractivity (Wildman–Crippen MR) is 217 cm³/mol. The van der Waals surface area contributed by atoms with Crippen LogP contribution < -0.4 is 25.0 Å². The van der Waals surface area contributed by atoms with E-state index in [-0.39, 0.29) is 22.5 Å². The van der Waals surface area contributed by atoms with Crippen LogP contribution >= 0.6 is 0 Å². The Morgan fingerprint density at radius 3 is 2.50 bits per heavy atom. The van der Waals surface area contributed by atoms with E-state index in [2.05, 4.69) is 30.2 Å². The number of rotatable bonds is 14. The summed E-state index contributed by atoms with van der Waals surface area (Å²) in [6.45, 7) is 4.03. The second kappa shape index (κ2) is 16.6. The largest absolute Gasteiger partial charge is 0.491 e. The summed E-state index contributed by atoms with van der Waals surface area (Å²) in [5.74, 6) is 0.576. The summed E-state index contributed by atoms with van der Waals surface area (Å²) in [5, 5.41) is 6.43. The number of fused-ring (bicyclic) bond motifs is 2. The van der Waals surface area contributed by atoms with Gasteiger partial charge in [0.1, 0.15) is 29.5 Å². The van der Waals surface area contributed by atoms with Crippen molar-refractivity contribution in [1.29, 1.82) is 0 Å². The molecule has 13 nitrogen and oxygen atoms in total. The van der Waals surface area contributed by atoms with Gasteiger partial charge in [-0.2, -0.15) is 0 Å². The molecule has 0 spiro atoms. The number of para-hydroxylation sites is 1. The first kappa shape index (κ1) is 38.0. The number of nitrogens with zero attached hydrogens (tertiary/aromatic N) is 5. The Morgan fingerprint density at radius 1 is 0.911 bits per heavy atom. The van der Waals surface area contributed by atoms with Gasteiger partial charge in [-0.25, -0.2) is 23.1 Å². The first-order chi connectivity index (χ1) is 27.0. The normalized spacial score (nSPS) is 13.2. The lowest BCUT2D eigenvalue weighted by atomic mass is 9.94. The summed E-state index contributed by atoms with van der Waals surface area (Å²) in [6, 6.07) is 30.5. The molecule has 1 aliphatic heterocycles. The minimum absolute atomic E-state index is 0.0440. The molecule has 7 rings (SSSR count). The Bertz CT molecular complexity index is 2440. The van der Waals surface area contributed by atoms with E-state index in [1.807, 2.05) is 97.2 Å². The molecule has 0 unspecified atom stereocenters. The monoisotopic (exact) mass is 772 g/mol. The number of carbonyl (C=O) groups excluding carboxylic acids is 2. The SMILES string of the molecule is Cc1cc(S(=O)(=O)NC(=O)c2cccc(N3CCc4cccc(C(=O)Nc5cn6ccccc6n5)c4C3)n2)ccc1N[C@H](CCN(C)C)COc1ccccc1. The molecule has 3 aromatic heterocycles. The molecule has 0 saturated heterocycles. The number of sulfonamides is 1. The Labute approximate surface area is 326 Å². The molecule has 0 fully saturated rings. The summed E-state index contributed by atoms with van der Waals surface area (Å²) >= 11 is 0. The van der Waals surface area contributed by atoms with Crippen molar-refractivity contribution in [2.24, 2.45) is 0 Å². The molecular formula is C42H44N8O5S. The van der Waals surface area contributed by atoms with Gasteiger partial charge in [-0.15, -0.1) is 0 Å². The highest BCUT2D eigenvalue weighted by molar-refractivity contribution is 7.90. The minimum Gasteiger partial charge on any atom is -0.491 e. The fraction of sp³-hybridized carbons (Fsp3) is 0.238. The summed E-state index contributed by atoms with van der Waals surface area (Å²) in [7, 11) is -0.213. The highest BCUT2D eigenvalue weighted by Crippen LogP contribution is 2.28. The zero-order valence-corrected chi connectivity index (χ0v) is 32.3. The van der Waals surface area contributed by atoms with Crippen LogP contribution in [0.3, 0.4) is 0 Å². The van der Waals surface area contributed by atoms with Crippen molar-refractivity contribution in [1.82, 2.24) is 24.0 Å². The van der Waals surface area contributed by atoms with Gasteiger partial charge in [0, 0.05) is 30.5 Å². The maximum absolute atomic E-state index is 13.5. The number of pyridine rings is 2. The first-order valence-electron chi connectivity index (χ1n) is 18.4. The first-order valence-corrected chi connectivity index (χ1v) is 19.9. The van der Waals surface area contributed by atoms with Crippen LogP contribution in [0.25, 0.3) is 5.65 Å². The second-order valence-corrected chi connectivity index (χ2v) is 15.7. The van der Waals surface area contributed by atoms with Crippen molar-refractivity contribution < 1.29 is 22.7 Å². The average molecular weight is 773 g/mol. The molecule has 3 N–H and O–H groups in total. The molecule has 1 aliphatic rings. The van der Waals surface area contributed by atoms with Gasteiger partial charge < -0.3 is 29.6 Å². The molecule has 3 aromatic carbocycles. The average Bonchev–Trinajstić information content (AvgIpc) is 3.61.